The highest BCUT2D eigenvalue weighted by atomic mass is 79.9. The van der Waals surface area contributed by atoms with Crippen molar-refractivity contribution in [2.24, 2.45) is 5.41 Å². The first kappa shape index (κ1) is 16.7. The highest BCUT2D eigenvalue weighted by Gasteiger charge is 2.16. The van der Waals surface area contributed by atoms with Crippen LogP contribution in [0.3, 0.4) is 0 Å². The second-order valence-electron chi connectivity index (χ2n) is 6.10. The topological polar surface area (TPSA) is 29.1 Å². The molecule has 108 valence electrons. The molecule has 4 heteroatoms. The highest BCUT2D eigenvalue weighted by molar-refractivity contribution is 9.09. The molecule has 2 nitrogen and oxygen atoms in total. The predicted molar refractivity (Wildman–Crippen MR) is 87.1 cm³/mol. The molecule has 0 saturated carbocycles. The molecular weight excluding hydrogens is 322 g/mol. The lowest BCUT2D eigenvalue weighted by Crippen LogP contribution is -2.31. The van der Waals surface area contributed by atoms with E-state index < -0.39 is 0 Å². The maximum absolute atomic E-state index is 11.7. The maximum Gasteiger partial charge on any atom is 0.220 e. The van der Waals surface area contributed by atoms with E-state index in [1.54, 1.807) is 11.3 Å². The van der Waals surface area contributed by atoms with Crippen molar-refractivity contribution in [3.8, 4) is 0 Å². The fourth-order valence-corrected chi connectivity index (χ4v) is 3.81. The van der Waals surface area contributed by atoms with E-state index in [0.29, 0.717) is 11.2 Å². The summed E-state index contributed by atoms with van der Waals surface area (Å²) < 4.78 is 0. The molecule has 0 aliphatic rings. The van der Waals surface area contributed by atoms with Crippen LogP contribution in [0.1, 0.15) is 44.9 Å². The lowest BCUT2D eigenvalue weighted by Gasteiger charge is -2.22. The molecule has 0 fully saturated rings. The second-order valence-corrected chi connectivity index (χ2v) is 8.43. The van der Waals surface area contributed by atoms with Gasteiger partial charge in [-0.25, -0.2) is 0 Å². The first-order valence-corrected chi connectivity index (χ1v) is 8.59. The molecule has 0 aliphatic carbocycles. The largest absolute Gasteiger partial charge is 0.355 e. The number of hydrogen-bond acceptors (Lipinski definition) is 2. The number of alkyl halides is 1. The molecule has 1 atom stereocenters. The van der Waals surface area contributed by atoms with Crippen LogP contribution in [-0.4, -0.2) is 17.3 Å². The molecule has 1 aromatic heterocycles. The van der Waals surface area contributed by atoms with Crippen LogP contribution in [0.5, 0.6) is 0 Å². The Bertz CT molecular complexity index is 370. The average molecular weight is 346 g/mol. The van der Waals surface area contributed by atoms with Gasteiger partial charge in [0.2, 0.25) is 5.91 Å². The standard InChI is InChI=1S/C15H24BrNOS/c1-15(2,3)10-12(16)11-17-14(18)8-4-6-13-7-5-9-19-13/h5,7,9,12H,4,6,8,10-11H2,1-3H3,(H,17,18). The second kappa shape index (κ2) is 8.05. The summed E-state index contributed by atoms with van der Waals surface area (Å²) in [5.41, 5.74) is 0.290. The number of nitrogens with one attached hydrogen (secondary N) is 1. The predicted octanol–water partition coefficient (Wildman–Crippen LogP) is 4.39. The lowest BCUT2D eigenvalue weighted by molar-refractivity contribution is -0.121. The van der Waals surface area contributed by atoms with Gasteiger partial charge in [-0.05, 0) is 36.1 Å². The van der Waals surface area contributed by atoms with Crippen LogP contribution in [-0.2, 0) is 11.2 Å². The molecule has 19 heavy (non-hydrogen) atoms. The van der Waals surface area contributed by atoms with Crippen LogP contribution in [0.15, 0.2) is 17.5 Å². The summed E-state index contributed by atoms with van der Waals surface area (Å²) in [6.45, 7) is 7.35. The summed E-state index contributed by atoms with van der Waals surface area (Å²) in [4.78, 5) is 13.4. The third kappa shape index (κ3) is 8.43. The zero-order valence-corrected chi connectivity index (χ0v) is 14.4. The van der Waals surface area contributed by atoms with Gasteiger partial charge in [-0.15, -0.1) is 11.3 Å². The zero-order valence-electron chi connectivity index (χ0n) is 12.0. The van der Waals surface area contributed by atoms with Gasteiger partial charge < -0.3 is 5.32 Å². The number of thiophene rings is 1. The minimum Gasteiger partial charge on any atom is -0.355 e. The van der Waals surface area contributed by atoms with Crippen molar-refractivity contribution < 1.29 is 4.79 Å². The highest BCUT2D eigenvalue weighted by Crippen LogP contribution is 2.24. The molecule has 0 spiro atoms. The van der Waals surface area contributed by atoms with Gasteiger partial charge in [0.15, 0.2) is 0 Å². The van der Waals surface area contributed by atoms with Crippen molar-refractivity contribution in [1.29, 1.82) is 0 Å². The van der Waals surface area contributed by atoms with Crippen molar-refractivity contribution in [3.63, 3.8) is 0 Å². The third-order valence-electron chi connectivity index (χ3n) is 2.76. The number of amides is 1. The van der Waals surface area contributed by atoms with Gasteiger partial charge in [-0.2, -0.15) is 0 Å². The van der Waals surface area contributed by atoms with Crippen LogP contribution in [0, 0.1) is 5.41 Å². The summed E-state index contributed by atoms with van der Waals surface area (Å²) in [7, 11) is 0. The lowest BCUT2D eigenvalue weighted by atomic mass is 9.90. The number of carbonyl (C=O) groups excluding carboxylic acids is 1. The van der Waals surface area contributed by atoms with E-state index in [2.05, 4.69) is 59.5 Å². The third-order valence-corrected chi connectivity index (χ3v) is 4.35. The molecule has 1 aromatic rings. The summed E-state index contributed by atoms with van der Waals surface area (Å²) in [5.74, 6) is 0.162. The van der Waals surface area contributed by atoms with E-state index in [1.165, 1.54) is 4.88 Å². The van der Waals surface area contributed by atoms with Crippen molar-refractivity contribution in [2.45, 2.75) is 51.3 Å². The molecule has 0 aliphatic heterocycles. The average Bonchev–Trinajstić information content (AvgIpc) is 2.77. The van der Waals surface area contributed by atoms with E-state index >= 15 is 0 Å². The van der Waals surface area contributed by atoms with E-state index in [4.69, 9.17) is 0 Å². The Morgan fingerprint density at radius 2 is 2.21 bits per heavy atom. The van der Waals surface area contributed by atoms with Crippen LogP contribution in [0.25, 0.3) is 0 Å². The Labute approximate surface area is 129 Å². The minimum absolute atomic E-state index is 0.162. The molecular formula is C15H24BrNOS. The van der Waals surface area contributed by atoms with Gasteiger partial charge in [0.1, 0.15) is 0 Å². The van der Waals surface area contributed by atoms with Crippen LogP contribution in [0.4, 0.5) is 0 Å². The Kier molecular flexibility index (Phi) is 7.08. The molecule has 0 radical (unpaired) electrons. The molecule has 1 amide bonds. The molecule has 0 saturated heterocycles. The summed E-state index contributed by atoms with van der Waals surface area (Å²) in [6, 6.07) is 4.18. The van der Waals surface area contributed by atoms with Crippen LogP contribution >= 0.6 is 27.3 Å². The van der Waals surface area contributed by atoms with Crippen molar-refractivity contribution in [2.75, 3.05) is 6.54 Å². The molecule has 1 unspecified atom stereocenters. The summed E-state index contributed by atoms with van der Waals surface area (Å²) in [6.07, 6.45) is 3.61. The van der Waals surface area contributed by atoms with Gasteiger partial charge >= 0.3 is 0 Å². The van der Waals surface area contributed by atoms with Gasteiger partial charge in [-0.3, -0.25) is 4.79 Å². The monoisotopic (exact) mass is 345 g/mol. The minimum atomic E-state index is 0.162. The molecule has 1 N–H and O–H groups in total. The van der Waals surface area contributed by atoms with E-state index in [9.17, 15) is 4.79 Å². The van der Waals surface area contributed by atoms with Crippen molar-refractivity contribution >= 4 is 33.2 Å². The Balaban J connectivity index is 2.11. The number of rotatable bonds is 7. The Morgan fingerprint density at radius 3 is 2.79 bits per heavy atom. The number of hydrogen-bond donors (Lipinski definition) is 1. The number of aryl methyl sites for hydroxylation is 1. The Morgan fingerprint density at radius 1 is 1.47 bits per heavy atom. The summed E-state index contributed by atoms with van der Waals surface area (Å²) >= 11 is 5.39. The SMILES string of the molecule is CC(C)(C)CC(Br)CNC(=O)CCCc1cccs1. The van der Waals surface area contributed by atoms with Gasteiger partial charge in [0, 0.05) is 22.7 Å². The number of halogens is 1. The smallest absolute Gasteiger partial charge is 0.220 e. The zero-order chi connectivity index (χ0) is 14.3. The van der Waals surface area contributed by atoms with Crippen LogP contribution in [0.2, 0.25) is 0 Å². The fraction of sp³-hybridized carbons (Fsp3) is 0.667. The first-order chi connectivity index (χ1) is 8.87. The quantitative estimate of drug-likeness (QED) is 0.729. The summed E-state index contributed by atoms with van der Waals surface area (Å²) in [5, 5.41) is 5.08. The van der Waals surface area contributed by atoms with E-state index in [1.807, 2.05) is 0 Å². The van der Waals surface area contributed by atoms with Gasteiger partial charge in [-0.1, -0.05) is 42.8 Å². The van der Waals surface area contributed by atoms with Crippen molar-refractivity contribution in [3.05, 3.63) is 22.4 Å². The van der Waals surface area contributed by atoms with E-state index in [0.717, 1.165) is 25.8 Å². The molecule has 1 heterocycles. The van der Waals surface area contributed by atoms with Crippen molar-refractivity contribution in [1.82, 2.24) is 5.32 Å². The first-order valence-electron chi connectivity index (χ1n) is 6.80. The van der Waals surface area contributed by atoms with Gasteiger partial charge in [0.25, 0.3) is 0 Å². The van der Waals surface area contributed by atoms with Gasteiger partial charge in [0.05, 0.1) is 0 Å². The molecule has 0 aromatic carbocycles. The maximum atomic E-state index is 11.7. The fourth-order valence-electron chi connectivity index (χ4n) is 1.93. The normalized spacial score (nSPS) is 13.3. The Hall–Kier alpha value is -0.350. The molecule has 0 bridgehead atoms. The molecule has 1 rings (SSSR count). The van der Waals surface area contributed by atoms with Crippen LogP contribution < -0.4 is 5.32 Å². The number of carbonyl (C=O) groups is 1. The van der Waals surface area contributed by atoms with E-state index in [-0.39, 0.29) is 11.3 Å².